The summed E-state index contributed by atoms with van der Waals surface area (Å²) in [6.07, 6.45) is 2.89. The van der Waals surface area contributed by atoms with Crippen molar-refractivity contribution in [3.05, 3.63) is 62.5 Å². The fourth-order valence-electron chi connectivity index (χ4n) is 3.06. The lowest BCUT2D eigenvalue weighted by Gasteiger charge is -2.22. The number of nitrogens with zero attached hydrogens (tertiary/aromatic N) is 3. The monoisotopic (exact) mass is 444 g/mol. The van der Waals surface area contributed by atoms with Crippen LogP contribution in [0.3, 0.4) is 0 Å². The standard InChI is InChI=1S/C22H28N4O2S2/c1-5-10-26(21(28)18-9-7-12-29-18)13-16-8-6-11-25(16)14-19-23-17(15-30-19)20(27)24-22(2,3)4/h6-9,11-12,15H,5,10,13-14H2,1-4H3,(H,24,27). The summed E-state index contributed by atoms with van der Waals surface area (Å²) in [4.78, 5) is 32.3. The molecule has 1 N–H and O–H groups in total. The Balaban J connectivity index is 1.71. The zero-order chi connectivity index (χ0) is 21.7. The number of rotatable bonds is 8. The Labute approximate surface area is 185 Å². The highest BCUT2D eigenvalue weighted by atomic mass is 32.1. The van der Waals surface area contributed by atoms with Crippen molar-refractivity contribution in [1.82, 2.24) is 19.8 Å². The first-order valence-electron chi connectivity index (χ1n) is 10.0. The summed E-state index contributed by atoms with van der Waals surface area (Å²) in [6.45, 7) is 9.74. The van der Waals surface area contributed by atoms with Crippen molar-refractivity contribution in [3.63, 3.8) is 0 Å². The van der Waals surface area contributed by atoms with Crippen molar-refractivity contribution in [1.29, 1.82) is 0 Å². The number of hydrogen-bond acceptors (Lipinski definition) is 5. The summed E-state index contributed by atoms with van der Waals surface area (Å²) >= 11 is 2.94. The van der Waals surface area contributed by atoms with Crippen molar-refractivity contribution in [2.24, 2.45) is 0 Å². The Morgan fingerprint density at radius 1 is 1.20 bits per heavy atom. The second kappa shape index (κ2) is 9.57. The van der Waals surface area contributed by atoms with Gasteiger partial charge in [-0.2, -0.15) is 0 Å². The van der Waals surface area contributed by atoms with Gasteiger partial charge in [0.25, 0.3) is 11.8 Å². The number of thiazole rings is 1. The van der Waals surface area contributed by atoms with E-state index in [0.29, 0.717) is 25.3 Å². The van der Waals surface area contributed by atoms with Gasteiger partial charge >= 0.3 is 0 Å². The van der Waals surface area contributed by atoms with Crippen LogP contribution in [0.1, 0.15) is 65.0 Å². The lowest BCUT2D eigenvalue weighted by molar-refractivity contribution is 0.0744. The van der Waals surface area contributed by atoms with E-state index < -0.39 is 0 Å². The molecule has 3 aromatic heterocycles. The molecule has 160 valence electrons. The van der Waals surface area contributed by atoms with E-state index in [1.807, 2.05) is 61.5 Å². The van der Waals surface area contributed by atoms with Crippen LogP contribution in [0.5, 0.6) is 0 Å². The molecule has 30 heavy (non-hydrogen) atoms. The third-order valence-electron chi connectivity index (χ3n) is 4.37. The molecule has 2 amide bonds. The molecule has 0 aliphatic rings. The first kappa shape index (κ1) is 22.2. The number of thiophene rings is 1. The molecular formula is C22H28N4O2S2. The Kier molecular flexibility index (Phi) is 7.10. The number of hydrogen-bond donors (Lipinski definition) is 1. The third-order valence-corrected chi connectivity index (χ3v) is 6.06. The van der Waals surface area contributed by atoms with Crippen LogP contribution < -0.4 is 5.32 Å². The molecule has 0 radical (unpaired) electrons. The zero-order valence-corrected chi connectivity index (χ0v) is 19.5. The van der Waals surface area contributed by atoms with Gasteiger partial charge in [-0.25, -0.2) is 4.98 Å². The molecule has 0 fully saturated rings. The smallest absolute Gasteiger partial charge is 0.271 e. The molecule has 3 heterocycles. The molecule has 0 bridgehead atoms. The van der Waals surface area contributed by atoms with Crippen molar-refractivity contribution < 1.29 is 9.59 Å². The average Bonchev–Trinajstić information content (AvgIpc) is 3.42. The van der Waals surface area contributed by atoms with Crippen LogP contribution in [0.4, 0.5) is 0 Å². The average molecular weight is 445 g/mol. The lowest BCUT2D eigenvalue weighted by atomic mass is 10.1. The molecule has 6 nitrogen and oxygen atoms in total. The third kappa shape index (κ3) is 5.79. The zero-order valence-electron chi connectivity index (χ0n) is 17.8. The Morgan fingerprint density at radius 3 is 2.67 bits per heavy atom. The number of nitrogens with one attached hydrogen (secondary N) is 1. The van der Waals surface area contributed by atoms with Gasteiger partial charge in [-0.05, 0) is 50.8 Å². The predicted octanol–water partition coefficient (Wildman–Crippen LogP) is 4.64. The highest BCUT2D eigenvalue weighted by molar-refractivity contribution is 7.12. The molecule has 0 saturated heterocycles. The second-order valence-electron chi connectivity index (χ2n) is 8.16. The summed E-state index contributed by atoms with van der Waals surface area (Å²) in [5.74, 6) is -0.0941. The first-order valence-corrected chi connectivity index (χ1v) is 11.8. The van der Waals surface area contributed by atoms with Crippen LogP contribution in [0.15, 0.2) is 41.2 Å². The maximum atomic E-state index is 12.9. The van der Waals surface area contributed by atoms with Gasteiger partial charge in [0.15, 0.2) is 0 Å². The summed E-state index contributed by atoms with van der Waals surface area (Å²) in [7, 11) is 0. The molecule has 0 saturated carbocycles. The largest absolute Gasteiger partial charge is 0.346 e. The molecule has 0 unspecified atom stereocenters. The van der Waals surface area contributed by atoms with Crippen molar-refractivity contribution >= 4 is 34.5 Å². The van der Waals surface area contributed by atoms with E-state index in [9.17, 15) is 9.59 Å². The number of aromatic nitrogens is 2. The van der Waals surface area contributed by atoms with E-state index >= 15 is 0 Å². The van der Waals surface area contributed by atoms with Gasteiger partial charge in [-0.3, -0.25) is 9.59 Å². The molecule has 8 heteroatoms. The van der Waals surface area contributed by atoms with Crippen LogP contribution in [0, 0.1) is 0 Å². The van der Waals surface area contributed by atoms with E-state index in [-0.39, 0.29) is 17.4 Å². The summed E-state index contributed by atoms with van der Waals surface area (Å²) in [5, 5.41) is 7.52. The Bertz CT molecular complexity index is 983. The minimum atomic E-state index is -0.299. The molecule has 3 aromatic rings. The molecule has 0 aliphatic carbocycles. The van der Waals surface area contributed by atoms with Crippen LogP contribution in [0.25, 0.3) is 0 Å². The Hall–Kier alpha value is -2.45. The Morgan fingerprint density at radius 2 is 2.00 bits per heavy atom. The molecule has 0 atom stereocenters. The first-order chi connectivity index (χ1) is 14.3. The van der Waals surface area contributed by atoms with Crippen molar-refractivity contribution in [2.45, 2.75) is 52.7 Å². The topological polar surface area (TPSA) is 67.2 Å². The van der Waals surface area contributed by atoms with Crippen LogP contribution in [-0.2, 0) is 13.1 Å². The maximum absolute atomic E-state index is 12.9. The van der Waals surface area contributed by atoms with Crippen LogP contribution in [0.2, 0.25) is 0 Å². The normalized spacial score (nSPS) is 11.5. The minimum Gasteiger partial charge on any atom is -0.346 e. The van der Waals surface area contributed by atoms with E-state index in [1.54, 1.807) is 5.38 Å². The van der Waals surface area contributed by atoms with Crippen molar-refractivity contribution in [2.75, 3.05) is 6.54 Å². The van der Waals surface area contributed by atoms with Crippen LogP contribution in [-0.4, -0.2) is 38.3 Å². The minimum absolute atomic E-state index is 0.0648. The van der Waals surface area contributed by atoms with E-state index in [1.165, 1.54) is 22.7 Å². The highest BCUT2D eigenvalue weighted by Crippen LogP contribution is 2.18. The fraction of sp³-hybridized carbons (Fsp3) is 0.409. The molecule has 0 aromatic carbocycles. The van der Waals surface area contributed by atoms with E-state index in [0.717, 1.165) is 22.0 Å². The highest BCUT2D eigenvalue weighted by Gasteiger charge is 2.20. The van der Waals surface area contributed by atoms with Gasteiger partial charge in [-0.1, -0.05) is 13.0 Å². The molecule has 0 aliphatic heterocycles. The molecule has 3 rings (SSSR count). The van der Waals surface area contributed by atoms with Gasteiger partial charge in [0, 0.05) is 29.4 Å². The van der Waals surface area contributed by atoms with Gasteiger partial charge in [0.1, 0.15) is 10.7 Å². The molecule has 0 spiro atoms. The number of amides is 2. The SMILES string of the molecule is CCCN(Cc1cccn1Cc1nc(C(=O)NC(C)(C)C)cs1)C(=O)c1cccs1. The van der Waals surface area contributed by atoms with Gasteiger partial charge in [0.2, 0.25) is 0 Å². The lowest BCUT2D eigenvalue weighted by Crippen LogP contribution is -2.40. The van der Waals surface area contributed by atoms with Gasteiger partial charge < -0.3 is 14.8 Å². The maximum Gasteiger partial charge on any atom is 0.271 e. The fourth-order valence-corrected chi connectivity index (χ4v) is 4.52. The second-order valence-corrected chi connectivity index (χ2v) is 10.1. The quantitative estimate of drug-likeness (QED) is 0.551. The summed E-state index contributed by atoms with van der Waals surface area (Å²) < 4.78 is 2.09. The van der Waals surface area contributed by atoms with Gasteiger partial charge in [-0.15, -0.1) is 22.7 Å². The predicted molar refractivity (Wildman–Crippen MR) is 122 cm³/mol. The van der Waals surface area contributed by atoms with E-state index in [4.69, 9.17) is 0 Å². The van der Waals surface area contributed by atoms with Crippen molar-refractivity contribution in [3.8, 4) is 0 Å². The van der Waals surface area contributed by atoms with Gasteiger partial charge in [0.05, 0.1) is 18.0 Å². The summed E-state index contributed by atoms with van der Waals surface area (Å²) in [6, 6.07) is 7.79. The summed E-state index contributed by atoms with van der Waals surface area (Å²) in [5.41, 5.74) is 1.19. The number of carbonyl (C=O) groups excluding carboxylic acids is 2. The van der Waals surface area contributed by atoms with Crippen LogP contribution >= 0.6 is 22.7 Å². The number of carbonyl (C=O) groups is 2. The van der Waals surface area contributed by atoms with E-state index in [2.05, 4.69) is 21.8 Å². The molecular weight excluding hydrogens is 416 g/mol.